The highest BCUT2D eigenvalue weighted by Gasteiger charge is 2.35. The van der Waals surface area contributed by atoms with Crippen LogP contribution < -0.4 is 5.32 Å². The van der Waals surface area contributed by atoms with E-state index in [2.05, 4.69) is 0 Å². The Hall–Kier alpha value is -2.32. The third-order valence-corrected chi connectivity index (χ3v) is 1.60. The number of amides is 3. The van der Waals surface area contributed by atoms with Crippen LogP contribution in [0.15, 0.2) is 0 Å². The first-order valence-corrected chi connectivity index (χ1v) is 6.07. The lowest BCUT2D eigenvalue weighted by Crippen LogP contribution is -2.52. The largest absolute Gasteiger partial charge is 0.465 e. The van der Waals surface area contributed by atoms with Crippen molar-refractivity contribution in [2.75, 3.05) is 0 Å². The van der Waals surface area contributed by atoms with Gasteiger partial charge in [0, 0.05) is 0 Å². The standard InChI is InChI=1S/C12H21N3O6/c1-11(2,3)20-9(18)15(7(13)14-8(16)17)10(19)21-12(4,5)6/h1-6H3,(H2,13,14)(H,16,17). The van der Waals surface area contributed by atoms with Crippen LogP contribution in [0.5, 0.6) is 0 Å². The molecule has 0 radical (unpaired) electrons. The van der Waals surface area contributed by atoms with Gasteiger partial charge >= 0.3 is 18.3 Å². The molecule has 3 N–H and O–H groups in total. The highest BCUT2D eigenvalue weighted by molar-refractivity contribution is 6.10. The van der Waals surface area contributed by atoms with E-state index in [0.717, 1.165) is 0 Å². The van der Waals surface area contributed by atoms with E-state index in [1.165, 1.54) is 0 Å². The van der Waals surface area contributed by atoms with Gasteiger partial charge in [-0.2, -0.15) is 0 Å². The number of hydrogen-bond acceptors (Lipinski definition) is 6. The second-order valence-corrected chi connectivity index (χ2v) is 6.07. The molecule has 0 bridgehead atoms. The number of carbonyl (C=O) groups is 3. The third kappa shape index (κ3) is 7.75. The normalized spacial score (nSPS) is 11.3. The molecule has 9 nitrogen and oxygen atoms in total. The minimum atomic E-state index is -1.60. The van der Waals surface area contributed by atoms with Gasteiger partial charge < -0.3 is 14.6 Å². The highest BCUT2D eigenvalue weighted by atomic mass is 16.6. The summed E-state index contributed by atoms with van der Waals surface area (Å²) >= 11 is 0. The van der Waals surface area contributed by atoms with Gasteiger partial charge in [-0.25, -0.2) is 14.4 Å². The van der Waals surface area contributed by atoms with Gasteiger partial charge in [0.05, 0.1) is 0 Å². The number of rotatable bonds is 0. The van der Waals surface area contributed by atoms with Crippen molar-refractivity contribution >= 4 is 24.2 Å². The number of ether oxygens (including phenoxy) is 2. The van der Waals surface area contributed by atoms with E-state index in [1.54, 1.807) is 46.9 Å². The maximum atomic E-state index is 11.9. The third-order valence-electron chi connectivity index (χ3n) is 1.60. The van der Waals surface area contributed by atoms with Crippen LogP contribution in [-0.2, 0) is 9.47 Å². The molecule has 0 fully saturated rings. The molecule has 0 aromatic carbocycles. The van der Waals surface area contributed by atoms with Gasteiger partial charge in [-0.15, -0.1) is 4.90 Å². The summed E-state index contributed by atoms with van der Waals surface area (Å²) in [7, 11) is 0. The summed E-state index contributed by atoms with van der Waals surface area (Å²) < 4.78 is 9.90. The van der Waals surface area contributed by atoms with Crippen LogP contribution in [0.4, 0.5) is 14.4 Å². The van der Waals surface area contributed by atoms with E-state index in [9.17, 15) is 14.4 Å². The maximum absolute atomic E-state index is 11.9. The molecule has 9 heteroatoms. The molecule has 21 heavy (non-hydrogen) atoms. The fraction of sp³-hybridized carbons (Fsp3) is 0.667. The first-order chi connectivity index (χ1) is 9.23. The number of hydrogen-bond donors (Lipinski definition) is 3. The number of carboxylic acid groups (broad SMARTS) is 1. The molecule has 0 aliphatic carbocycles. The number of nitrogens with one attached hydrogen (secondary N) is 2. The minimum Gasteiger partial charge on any atom is -0.465 e. The molecule has 0 aromatic heterocycles. The first-order valence-electron chi connectivity index (χ1n) is 6.07. The van der Waals surface area contributed by atoms with Gasteiger partial charge in [-0.3, -0.25) is 10.7 Å². The molecule has 0 saturated heterocycles. The molecule has 0 aromatic rings. The van der Waals surface area contributed by atoms with Crippen LogP contribution in [0.25, 0.3) is 0 Å². The zero-order valence-electron chi connectivity index (χ0n) is 12.9. The van der Waals surface area contributed by atoms with Crippen LogP contribution in [0, 0.1) is 5.41 Å². The van der Waals surface area contributed by atoms with Gasteiger partial charge in [0.1, 0.15) is 11.2 Å². The first kappa shape index (κ1) is 18.7. The zero-order chi connectivity index (χ0) is 17.0. The average molecular weight is 303 g/mol. The quantitative estimate of drug-likeness (QED) is 0.465. The number of carbonyl (C=O) groups excluding carboxylic acids is 2. The van der Waals surface area contributed by atoms with Crippen molar-refractivity contribution in [3.63, 3.8) is 0 Å². The van der Waals surface area contributed by atoms with Crippen molar-refractivity contribution in [2.45, 2.75) is 52.7 Å². The Kier molecular flexibility index (Phi) is 5.71. The lowest BCUT2D eigenvalue weighted by molar-refractivity contribution is 0.0141. The molecule has 3 amide bonds. The van der Waals surface area contributed by atoms with Gasteiger partial charge in [0.2, 0.25) is 5.96 Å². The molecule has 0 heterocycles. The van der Waals surface area contributed by atoms with Crippen molar-refractivity contribution in [1.29, 1.82) is 5.41 Å². The second-order valence-electron chi connectivity index (χ2n) is 6.07. The molecule has 0 unspecified atom stereocenters. The Bertz CT molecular complexity index is 419. The van der Waals surface area contributed by atoms with Crippen molar-refractivity contribution in [3.05, 3.63) is 0 Å². The van der Waals surface area contributed by atoms with Gasteiger partial charge in [-0.05, 0) is 41.5 Å². The van der Waals surface area contributed by atoms with E-state index < -0.39 is 35.4 Å². The fourth-order valence-corrected chi connectivity index (χ4v) is 1.03. The summed E-state index contributed by atoms with van der Waals surface area (Å²) in [6, 6.07) is 0. The lowest BCUT2D eigenvalue weighted by atomic mass is 10.2. The Balaban J connectivity index is 5.28. The van der Waals surface area contributed by atoms with E-state index in [1.807, 2.05) is 0 Å². The molecule has 0 saturated carbocycles. The van der Waals surface area contributed by atoms with E-state index in [0.29, 0.717) is 0 Å². The van der Waals surface area contributed by atoms with Crippen molar-refractivity contribution in [3.8, 4) is 0 Å². The van der Waals surface area contributed by atoms with Crippen LogP contribution in [0.3, 0.4) is 0 Å². The number of guanidine groups is 1. The smallest absolute Gasteiger partial charge is 0.427 e. The van der Waals surface area contributed by atoms with Crippen molar-refractivity contribution < 1.29 is 29.0 Å². The van der Waals surface area contributed by atoms with E-state index in [4.69, 9.17) is 20.0 Å². The Morgan fingerprint density at radius 3 is 1.52 bits per heavy atom. The Morgan fingerprint density at radius 1 is 0.952 bits per heavy atom. The number of imide groups is 1. The van der Waals surface area contributed by atoms with Crippen LogP contribution in [-0.4, -0.2) is 45.4 Å². The molecule has 120 valence electrons. The summed E-state index contributed by atoms with van der Waals surface area (Å²) in [5.74, 6) is -0.981. The van der Waals surface area contributed by atoms with Crippen molar-refractivity contribution in [1.82, 2.24) is 10.2 Å². The Morgan fingerprint density at radius 2 is 1.29 bits per heavy atom. The monoisotopic (exact) mass is 303 g/mol. The summed E-state index contributed by atoms with van der Waals surface area (Å²) in [4.78, 5) is 34.6. The molecule has 0 aliphatic heterocycles. The molecule has 0 rings (SSSR count). The van der Waals surface area contributed by atoms with E-state index >= 15 is 0 Å². The Labute approximate surface area is 122 Å². The maximum Gasteiger partial charge on any atom is 0.427 e. The van der Waals surface area contributed by atoms with Crippen LogP contribution >= 0.6 is 0 Å². The van der Waals surface area contributed by atoms with Gasteiger partial charge in [-0.1, -0.05) is 0 Å². The molecular formula is C12H21N3O6. The SMILES string of the molecule is CC(C)(C)OC(=O)N(C(=N)NC(=O)O)C(=O)OC(C)(C)C. The van der Waals surface area contributed by atoms with Gasteiger partial charge in [0.25, 0.3) is 0 Å². The summed E-state index contributed by atoms with van der Waals surface area (Å²) in [5.41, 5.74) is -1.86. The molecular weight excluding hydrogens is 282 g/mol. The lowest BCUT2D eigenvalue weighted by Gasteiger charge is -2.28. The summed E-state index contributed by atoms with van der Waals surface area (Å²) in [5, 5.41) is 17.7. The molecule has 0 spiro atoms. The predicted molar refractivity (Wildman–Crippen MR) is 73.2 cm³/mol. The molecule has 0 atom stereocenters. The van der Waals surface area contributed by atoms with Gasteiger partial charge in [0.15, 0.2) is 0 Å². The van der Waals surface area contributed by atoms with Crippen LogP contribution in [0.2, 0.25) is 0 Å². The molecule has 0 aliphatic rings. The summed E-state index contributed by atoms with van der Waals surface area (Å²) in [6.45, 7) is 9.37. The highest BCUT2D eigenvalue weighted by Crippen LogP contribution is 2.14. The number of nitrogens with zero attached hydrogens (tertiary/aromatic N) is 1. The fourth-order valence-electron chi connectivity index (χ4n) is 1.03. The zero-order valence-corrected chi connectivity index (χ0v) is 12.9. The van der Waals surface area contributed by atoms with E-state index in [-0.39, 0.29) is 4.90 Å². The topological polar surface area (TPSA) is 129 Å². The second kappa shape index (κ2) is 6.42. The van der Waals surface area contributed by atoms with Crippen molar-refractivity contribution in [2.24, 2.45) is 0 Å². The summed E-state index contributed by atoms with van der Waals surface area (Å²) in [6.07, 6.45) is -4.02. The minimum absolute atomic E-state index is 0.171. The van der Waals surface area contributed by atoms with Crippen LogP contribution in [0.1, 0.15) is 41.5 Å². The average Bonchev–Trinajstić information content (AvgIpc) is 2.08. The predicted octanol–water partition coefficient (Wildman–Crippen LogP) is 2.36.